The number of amides is 1. The van der Waals surface area contributed by atoms with Crippen LogP contribution >= 0.6 is 0 Å². The second-order valence-corrected chi connectivity index (χ2v) is 5.74. The zero-order valence-electron chi connectivity index (χ0n) is 14.2. The highest BCUT2D eigenvalue weighted by atomic mass is 16.5. The molecular formula is C19H21N3O2. The van der Waals surface area contributed by atoms with Gasteiger partial charge in [-0.1, -0.05) is 18.2 Å². The van der Waals surface area contributed by atoms with Gasteiger partial charge in [0, 0.05) is 20.6 Å². The minimum atomic E-state index is -0.0934. The van der Waals surface area contributed by atoms with E-state index in [0.717, 1.165) is 16.8 Å². The first kappa shape index (κ1) is 17.4. The minimum Gasteiger partial charge on any atom is -0.482 e. The SMILES string of the molecule is Cc1ccc(NCc2cccc(C#N)c2)c(OCC(=O)N(C)C)c1. The molecule has 5 nitrogen and oxygen atoms in total. The summed E-state index contributed by atoms with van der Waals surface area (Å²) in [5.74, 6) is 0.547. The normalized spacial score (nSPS) is 9.92. The van der Waals surface area contributed by atoms with Crippen LogP contribution in [0, 0.1) is 18.3 Å². The first-order chi connectivity index (χ1) is 11.5. The predicted octanol–water partition coefficient (Wildman–Crippen LogP) is 2.95. The van der Waals surface area contributed by atoms with E-state index in [4.69, 9.17) is 10.00 Å². The number of benzene rings is 2. The number of rotatable bonds is 6. The molecule has 124 valence electrons. The van der Waals surface area contributed by atoms with Gasteiger partial charge >= 0.3 is 0 Å². The molecule has 0 unspecified atom stereocenters. The summed E-state index contributed by atoms with van der Waals surface area (Å²) in [5.41, 5.74) is 3.50. The number of nitrogens with one attached hydrogen (secondary N) is 1. The maximum atomic E-state index is 11.7. The molecule has 0 fully saturated rings. The molecule has 0 atom stereocenters. The Morgan fingerprint density at radius 3 is 2.75 bits per heavy atom. The molecule has 0 saturated carbocycles. The van der Waals surface area contributed by atoms with Crippen molar-refractivity contribution in [2.45, 2.75) is 13.5 Å². The van der Waals surface area contributed by atoms with E-state index in [1.54, 1.807) is 20.2 Å². The van der Waals surface area contributed by atoms with E-state index in [1.165, 1.54) is 4.90 Å². The fourth-order valence-corrected chi connectivity index (χ4v) is 2.11. The van der Waals surface area contributed by atoms with Crippen LogP contribution in [-0.2, 0) is 11.3 Å². The lowest BCUT2D eigenvalue weighted by molar-refractivity contribution is -0.130. The average molecular weight is 323 g/mol. The van der Waals surface area contributed by atoms with Gasteiger partial charge in [-0.05, 0) is 42.3 Å². The van der Waals surface area contributed by atoms with Gasteiger partial charge in [0.1, 0.15) is 5.75 Å². The third-order valence-corrected chi connectivity index (χ3v) is 3.53. The summed E-state index contributed by atoms with van der Waals surface area (Å²) >= 11 is 0. The van der Waals surface area contributed by atoms with Crippen molar-refractivity contribution >= 4 is 11.6 Å². The molecule has 1 N–H and O–H groups in total. The van der Waals surface area contributed by atoms with E-state index in [9.17, 15) is 4.79 Å². The molecule has 0 spiro atoms. The lowest BCUT2D eigenvalue weighted by Gasteiger charge is -2.16. The van der Waals surface area contributed by atoms with E-state index < -0.39 is 0 Å². The first-order valence-corrected chi connectivity index (χ1v) is 7.66. The average Bonchev–Trinajstić information content (AvgIpc) is 2.58. The van der Waals surface area contributed by atoms with Crippen molar-refractivity contribution in [2.24, 2.45) is 0 Å². The lowest BCUT2D eigenvalue weighted by atomic mass is 10.1. The van der Waals surface area contributed by atoms with Crippen LogP contribution in [0.2, 0.25) is 0 Å². The Hall–Kier alpha value is -3.00. The zero-order valence-corrected chi connectivity index (χ0v) is 14.2. The number of aryl methyl sites for hydroxylation is 1. The summed E-state index contributed by atoms with van der Waals surface area (Å²) in [5, 5.41) is 12.3. The molecule has 2 aromatic rings. The van der Waals surface area contributed by atoms with Crippen LogP contribution in [0.15, 0.2) is 42.5 Å². The van der Waals surface area contributed by atoms with Crippen molar-refractivity contribution in [3.8, 4) is 11.8 Å². The maximum Gasteiger partial charge on any atom is 0.259 e. The van der Waals surface area contributed by atoms with Crippen molar-refractivity contribution in [1.29, 1.82) is 5.26 Å². The number of ether oxygens (including phenoxy) is 1. The number of likely N-dealkylation sites (N-methyl/N-ethyl adjacent to an activating group) is 1. The zero-order chi connectivity index (χ0) is 17.5. The smallest absolute Gasteiger partial charge is 0.259 e. The molecule has 1 amide bonds. The van der Waals surface area contributed by atoms with Gasteiger partial charge in [-0.25, -0.2) is 0 Å². The van der Waals surface area contributed by atoms with Gasteiger partial charge in [0.15, 0.2) is 6.61 Å². The van der Waals surface area contributed by atoms with E-state index in [1.807, 2.05) is 43.3 Å². The topological polar surface area (TPSA) is 65.4 Å². The van der Waals surface area contributed by atoms with E-state index >= 15 is 0 Å². The number of carbonyl (C=O) groups is 1. The molecule has 24 heavy (non-hydrogen) atoms. The molecule has 0 bridgehead atoms. The summed E-state index contributed by atoms with van der Waals surface area (Å²) < 4.78 is 5.67. The monoisotopic (exact) mass is 323 g/mol. The van der Waals surface area contributed by atoms with Crippen LogP contribution < -0.4 is 10.1 Å². The fraction of sp³-hybridized carbons (Fsp3) is 0.263. The van der Waals surface area contributed by atoms with Crippen molar-refractivity contribution in [2.75, 3.05) is 26.0 Å². The summed E-state index contributed by atoms with van der Waals surface area (Å²) in [6, 6.07) is 15.4. The minimum absolute atomic E-state index is 0.00491. The number of hydrogen-bond donors (Lipinski definition) is 1. The molecular weight excluding hydrogens is 302 g/mol. The molecule has 0 aliphatic rings. The molecule has 2 rings (SSSR count). The van der Waals surface area contributed by atoms with Gasteiger partial charge in [-0.2, -0.15) is 5.26 Å². The Balaban J connectivity index is 2.09. The summed E-state index contributed by atoms with van der Waals surface area (Å²) in [6.07, 6.45) is 0. The molecule has 0 radical (unpaired) electrons. The Morgan fingerprint density at radius 2 is 2.04 bits per heavy atom. The standard InChI is InChI=1S/C19H21N3O2/c1-14-7-8-17(18(9-14)24-13-19(23)22(2)3)21-12-16-6-4-5-15(10-16)11-20/h4-10,21H,12-13H2,1-3H3. The molecule has 0 aliphatic heterocycles. The van der Waals surface area contributed by atoms with Crippen LogP contribution in [-0.4, -0.2) is 31.5 Å². The van der Waals surface area contributed by atoms with Crippen molar-refractivity contribution in [3.63, 3.8) is 0 Å². The van der Waals surface area contributed by atoms with Crippen LogP contribution in [0.4, 0.5) is 5.69 Å². The van der Waals surface area contributed by atoms with E-state index in [0.29, 0.717) is 17.9 Å². The Labute approximate surface area is 142 Å². The molecule has 0 aromatic heterocycles. The highest BCUT2D eigenvalue weighted by Crippen LogP contribution is 2.26. The van der Waals surface area contributed by atoms with Crippen LogP contribution in [0.1, 0.15) is 16.7 Å². The Kier molecular flexibility index (Phi) is 5.80. The van der Waals surface area contributed by atoms with Gasteiger partial charge in [-0.15, -0.1) is 0 Å². The number of anilines is 1. The molecule has 0 aliphatic carbocycles. The summed E-state index contributed by atoms with van der Waals surface area (Å²) in [7, 11) is 3.40. The highest BCUT2D eigenvalue weighted by molar-refractivity contribution is 5.77. The molecule has 0 heterocycles. The maximum absolute atomic E-state index is 11.7. The molecule has 2 aromatic carbocycles. The van der Waals surface area contributed by atoms with Gasteiger partial charge in [0.2, 0.25) is 0 Å². The second-order valence-electron chi connectivity index (χ2n) is 5.74. The van der Waals surface area contributed by atoms with Gasteiger partial charge < -0.3 is 15.0 Å². The predicted molar refractivity (Wildman–Crippen MR) is 93.9 cm³/mol. The molecule has 0 saturated heterocycles. The lowest BCUT2D eigenvalue weighted by Crippen LogP contribution is -2.27. The van der Waals surface area contributed by atoms with Gasteiger partial charge in [0.05, 0.1) is 17.3 Å². The fourth-order valence-electron chi connectivity index (χ4n) is 2.11. The summed E-state index contributed by atoms with van der Waals surface area (Å²) in [6.45, 7) is 2.53. The van der Waals surface area contributed by atoms with E-state index in [-0.39, 0.29) is 12.5 Å². The van der Waals surface area contributed by atoms with Crippen LogP contribution in [0.5, 0.6) is 5.75 Å². The second kappa shape index (κ2) is 8.02. The van der Waals surface area contributed by atoms with Gasteiger partial charge in [0.25, 0.3) is 5.91 Å². The Morgan fingerprint density at radius 1 is 1.25 bits per heavy atom. The number of nitrogens with zero attached hydrogens (tertiary/aromatic N) is 2. The number of carbonyl (C=O) groups excluding carboxylic acids is 1. The van der Waals surface area contributed by atoms with Crippen LogP contribution in [0.3, 0.4) is 0 Å². The number of hydrogen-bond acceptors (Lipinski definition) is 4. The summed E-state index contributed by atoms with van der Waals surface area (Å²) in [4.78, 5) is 13.2. The third-order valence-electron chi connectivity index (χ3n) is 3.53. The van der Waals surface area contributed by atoms with Crippen molar-refractivity contribution in [1.82, 2.24) is 4.90 Å². The van der Waals surface area contributed by atoms with E-state index in [2.05, 4.69) is 11.4 Å². The highest BCUT2D eigenvalue weighted by Gasteiger charge is 2.09. The quantitative estimate of drug-likeness (QED) is 0.887. The van der Waals surface area contributed by atoms with Crippen molar-refractivity contribution < 1.29 is 9.53 Å². The van der Waals surface area contributed by atoms with Crippen LogP contribution in [0.25, 0.3) is 0 Å². The molecule has 5 heteroatoms. The Bertz CT molecular complexity index is 763. The first-order valence-electron chi connectivity index (χ1n) is 7.66. The van der Waals surface area contributed by atoms with Gasteiger partial charge in [-0.3, -0.25) is 4.79 Å². The number of nitriles is 1. The largest absolute Gasteiger partial charge is 0.482 e. The van der Waals surface area contributed by atoms with Crippen molar-refractivity contribution in [3.05, 3.63) is 59.2 Å². The third kappa shape index (κ3) is 4.75.